The van der Waals surface area contributed by atoms with Gasteiger partial charge in [0, 0.05) is 6.54 Å². The topological polar surface area (TPSA) is 55.4 Å². The molecule has 5 heteroatoms. The first-order valence-electron chi connectivity index (χ1n) is 9.02. The van der Waals surface area contributed by atoms with Crippen LogP contribution in [-0.2, 0) is 14.8 Å². The summed E-state index contributed by atoms with van der Waals surface area (Å²) < 4.78 is 30.9. The lowest BCUT2D eigenvalue weighted by Crippen LogP contribution is -2.23. The summed E-state index contributed by atoms with van der Waals surface area (Å²) in [6.45, 7) is 13.0. The highest BCUT2D eigenvalue weighted by molar-refractivity contribution is 7.89. The number of hydrogen-bond acceptors (Lipinski definition) is 3. The van der Waals surface area contributed by atoms with Crippen molar-refractivity contribution in [3.8, 4) is 0 Å². The van der Waals surface area contributed by atoms with Crippen molar-refractivity contribution in [1.82, 2.24) is 4.72 Å². The SMILES string of the molecule is C=C1C=C(c2ccc(C)cc2)COC1.C=CCNS(=O)(=O)c1ccc(C)cc1. The highest BCUT2D eigenvalue weighted by atomic mass is 32.2. The van der Waals surface area contributed by atoms with Gasteiger partial charge in [0.15, 0.2) is 0 Å². The predicted octanol–water partition coefficient (Wildman–Crippen LogP) is 4.42. The van der Waals surface area contributed by atoms with Gasteiger partial charge in [0.25, 0.3) is 0 Å². The Hall–Kier alpha value is -2.47. The zero-order valence-corrected chi connectivity index (χ0v) is 17.3. The summed E-state index contributed by atoms with van der Waals surface area (Å²) in [5, 5.41) is 0. The van der Waals surface area contributed by atoms with Gasteiger partial charge in [0.1, 0.15) is 0 Å². The number of sulfonamides is 1. The molecule has 0 saturated heterocycles. The third-order valence-corrected chi connectivity index (χ3v) is 5.53. The fourth-order valence-corrected chi connectivity index (χ4v) is 3.52. The van der Waals surface area contributed by atoms with Crippen molar-refractivity contribution in [1.29, 1.82) is 0 Å². The van der Waals surface area contributed by atoms with Crippen molar-refractivity contribution < 1.29 is 13.2 Å². The molecule has 0 fully saturated rings. The Labute approximate surface area is 168 Å². The maximum absolute atomic E-state index is 11.5. The highest BCUT2D eigenvalue weighted by Crippen LogP contribution is 2.21. The van der Waals surface area contributed by atoms with Crippen LogP contribution in [0.15, 0.2) is 84.3 Å². The third-order valence-electron chi connectivity index (χ3n) is 4.09. The Bertz CT molecular complexity index is 940. The number of benzene rings is 2. The molecule has 0 radical (unpaired) electrons. The summed E-state index contributed by atoms with van der Waals surface area (Å²) in [6, 6.07) is 15.2. The van der Waals surface area contributed by atoms with Gasteiger partial charge in [0.2, 0.25) is 10.0 Å². The van der Waals surface area contributed by atoms with E-state index >= 15 is 0 Å². The van der Waals surface area contributed by atoms with Crippen molar-refractivity contribution in [2.24, 2.45) is 0 Å². The van der Waals surface area contributed by atoms with E-state index in [0.717, 1.165) is 11.1 Å². The first kappa shape index (κ1) is 21.8. The largest absolute Gasteiger partial charge is 0.372 e. The van der Waals surface area contributed by atoms with E-state index < -0.39 is 10.0 Å². The molecular weight excluding hydrogens is 370 g/mol. The van der Waals surface area contributed by atoms with Crippen LogP contribution in [0.1, 0.15) is 16.7 Å². The van der Waals surface area contributed by atoms with Crippen LogP contribution in [0.5, 0.6) is 0 Å². The zero-order valence-electron chi connectivity index (χ0n) is 16.4. The molecule has 0 amide bonds. The summed E-state index contributed by atoms with van der Waals surface area (Å²) in [4.78, 5) is 0.282. The fourth-order valence-electron chi connectivity index (χ4n) is 2.53. The van der Waals surface area contributed by atoms with Crippen LogP contribution in [0.2, 0.25) is 0 Å². The molecule has 2 aromatic carbocycles. The Kier molecular flexibility index (Phi) is 7.93. The number of nitrogens with one attached hydrogen (secondary N) is 1. The lowest BCUT2D eigenvalue weighted by molar-refractivity contribution is 0.189. The zero-order chi connectivity index (χ0) is 20.6. The van der Waals surface area contributed by atoms with Crippen molar-refractivity contribution in [2.75, 3.05) is 19.8 Å². The van der Waals surface area contributed by atoms with Crippen LogP contribution in [-0.4, -0.2) is 28.2 Å². The summed E-state index contributed by atoms with van der Waals surface area (Å²) in [5.74, 6) is 0. The second-order valence-electron chi connectivity index (χ2n) is 6.64. The van der Waals surface area contributed by atoms with E-state index in [9.17, 15) is 8.42 Å². The van der Waals surface area contributed by atoms with Crippen LogP contribution in [0.25, 0.3) is 5.57 Å². The van der Waals surface area contributed by atoms with E-state index in [-0.39, 0.29) is 11.4 Å². The van der Waals surface area contributed by atoms with Gasteiger partial charge in [-0.05, 0) is 42.7 Å². The van der Waals surface area contributed by atoms with Crippen molar-refractivity contribution >= 4 is 15.6 Å². The second kappa shape index (κ2) is 10.2. The van der Waals surface area contributed by atoms with E-state index in [1.165, 1.54) is 22.8 Å². The first-order chi connectivity index (χ1) is 13.3. The number of rotatable bonds is 5. The van der Waals surface area contributed by atoms with E-state index in [4.69, 9.17) is 4.74 Å². The van der Waals surface area contributed by atoms with Gasteiger partial charge in [-0.2, -0.15) is 0 Å². The minimum Gasteiger partial charge on any atom is -0.372 e. The summed E-state index contributed by atoms with van der Waals surface area (Å²) in [7, 11) is -3.36. The lowest BCUT2D eigenvalue weighted by Gasteiger charge is -2.15. The van der Waals surface area contributed by atoms with E-state index in [1.54, 1.807) is 24.3 Å². The Morgan fingerprint density at radius 1 is 1.00 bits per heavy atom. The minimum atomic E-state index is -3.36. The third kappa shape index (κ3) is 6.60. The maximum Gasteiger partial charge on any atom is 0.240 e. The van der Waals surface area contributed by atoms with Gasteiger partial charge in [0.05, 0.1) is 18.1 Å². The summed E-state index contributed by atoms with van der Waals surface area (Å²) >= 11 is 0. The Morgan fingerprint density at radius 3 is 2.11 bits per heavy atom. The van der Waals surface area contributed by atoms with Gasteiger partial charge < -0.3 is 4.74 Å². The molecule has 0 atom stereocenters. The molecule has 0 aliphatic carbocycles. The molecule has 0 bridgehead atoms. The lowest BCUT2D eigenvalue weighted by atomic mass is 10.0. The molecule has 2 aromatic rings. The van der Waals surface area contributed by atoms with Crippen LogP contribution in [0, 0.1) is 13.8 Å². The Balaban J connectivity index is 0.000000200. The standard InChI is InChI=1S/C13H14O.C10H13NO2S/c1-10-3-5-12(6-4-10)13-7-11(2)8-14-9-13;1-3-8-11-14(12,13)10-6-4-9(2)5-7-10/h3-7H,2,8-9H2,1H3;3-7,11H,1,8H2,2H3. The quantitative estimate of drug-likeness (QED) is 0.760. The number of hydrogen-bond donors (Lipinski definition) is 1. The second-order valence-corrected chi connectivity index (χ2v) is 8.41. The van der Waals surface area contributed by atoms with E-state index in [1.807, 2.05) is 6.92 Å². The monoisotopic (exact) mass is 397 g/mol. The average molecular weight is 398 g/mol. The molecule has 1 aliphatic rings. The molecule has 0 spiro atoms. The molecule has 3 rings (SSSR count). The van der Waals surface area contributed by atoms with E-state index in [2.05, 4.69) is 55.1 Å². The first-order valence-corrected chi connectivity index (χ1v) is 10.5. The van der Waals surface area contributed by atoms with Gasteiger partial charge in [-0.3, -0.25) is 0 Å². The van der Waals surface area contributed by atoms with Crippen LogP contribution < -0.4 is 4.72 Å². The summed E-state index contributed by atoms with van der Waals surface area (Å²) in [6.07, 6.45) is 3.62. The van der Waals surface area contributed by atoms with Gasteiger partial charge in [-0.15, -0.1) is 6.58 Å². The van der Waals surface area contributed by atoms with Gasteiger partial charge >= 0.3 is 0 Å². The molecule has 1 aliphatic heterocycles. The molecule has 1 heterocycles. The van der Waals surface area contributed by atoms with Crippen LogP contribution >= 0.6 is 0 Å². The normalized spacial score (nSPS) is 13.9. The molecule has 1 N–H and O–H groups in total. The number of aryl methyl sites for hydroxylation is 2. The molecule has 148 valence electrons. The molecule has 0 unspecified atom stereocenters. The molecule has 28 heavy (non-hydrogen) atoms. The minimum absolute atomic E-state index is 0.246. The van der Waals surface area contributed by atoms with Gasteiger partial charge in [-0.25, -0.2) is 13.1 Å². The van der Waals surface area contributed by atoms with E-state index in [0.29, 0.717) is 13.2 Å². The Morgan fingerprint density at radius 2 is 1.57 bits per heavy atom. The predicted molar refractivity (Wildman–Crippen MR) is 116 cm³/mol. The number of ether oxygens (including phenoxy) is 1. The molecule has 0 saturated carbocycles. The van der Waals surface area contributed by atoms with Crippen molar-refractivity contribution in [3.63, 3.8) is 0 Å². The summed E-state index contributed by atoms with van der Waals surface area (Å²) in [5.41, 5.74) is 5.82. The van der Waals surface area contributed by atoms with Crippen molar-refractivity contribution in [3.05, 3.63) is 96.1 Å². The van der Waals surface area contributed by atoms with Crippen LogP contribution in [0.3, 0.4) is 0 Å². The van der Waals surface area contributed by atoms with Crippen LogP contribution in [0.4, 0.5) is 0 Å². The average Bonchev–Trinajstić information content (AvgIpc) is 2.68. The smallest absolute Gasteiger partial charge is 0.240 e. The molecule has 4 nitrogen and oxygen atoms in total. The van der Waals surface area contributed by atoms with Crippen molar-refractivity contribution in [2.45, 2.75) is 18.7 Å². The maximum atomic E-state index is 11.5. The highest BCUT2D eigenvalue weighted by Gasteiger charge is 2.11. The molecular formula is C23H27NO3S. The molecule has 0 aromatic heterocycles. The fraction of sp³-hybridized carbons (Fsp3) is 0.217. The van der Waals surface area contributed by atoms with Gasteiger partial charge in [-0.1, -0.05) is 66.3 Å².